The Labute approximate surface area is 103 Å². The lowest BCUT2D eigenvalue weighted by Gasteiger charge is -2.20. The molecule has 2 N–H and O–H groups in total. The van der Waals surface area contributed by atoms with Gasteiger partial charge in [0.05, 0.1) is 6.04 Å². The zero-order valence-corrected chi connectivity index (χ0v) is 11.3. The maximum atomic E-state index is 6.08. The van der Waals surface area contributed by atoms with E-state index >= 15 is 0 Å². The molecule has 5 heteroatoms. The van der Waals surface area contributed by atoms with E-state index in [2.05, 4.69) is 42.7 Å². The zero-order valence-electron chi connectivity index (χ0n) is 11.3. The first-order valence-electron chi connectivity index (χ1n) is 6.43. The summed E-state index contributed by atoms with van der Waals surface area (Å²) in [6.45, 7) is 11.2. The summed E-state index contributed by atoms with van der Waals surface area (Å²) in [6, 6.07) is -0.170. The molecular formula is C12H24N4O. The van der Waals surface area contributed by atoms with E-state index in [9.17, 15) is 0 Å². The molecule has 5 nitrogen and oxygen atoms in total. The summed E-state index contributed by atoms with van der Waals surface area (Å²) >= 11 is 0. The fourth-order valence-electron chi connectivity index (χ4n) is 1.61. The third-order valence-electron chi connectivity index (χ3n) is 3.17. The van der Waals surface area contributed by atoms with Crippen molar-refractivity contribution in [3.8, 4) is 0 Å². The van der Waals surface area contributed by atoms with Crippen LogP contribution in [-0.2, 0) is 0 Å². The molecule has 0 aliphatic rings. The first-order valence-corrected chi connectivity index (χ1v) is 6.43. The van der Waals surface area contributed by atoms with Crippen molar-refractivity contribution >= 4 is 0 Å². The molecule has 0 bridgehead atoms. The quantitative estimate of drug-likeness (QED) is 0.788. The summed E-state index contributed by atoms with van der Waals surface area (Å²) in [7, 11) is 0. The number of nitrogens with zero attached hydrogens (tertiary/aromatic N) is 3. The van der Waals surface area contributed by atoms with Gasteiger partial charge in [0.25, 0.3) is 0 Å². The van der Waals surface area contributed by atoms with E-state index in [0.29, 0.717) is 17.6 Å². The zero-order chi connectivity index (χ0) is 12.8. The Bertz CT molecular complexity index is 322. The van der Waals surface area contributed by atoms with Crippen molar-refractivity contribution in [2.24, 2.45) is 5.73 Å². The van der Waals surface area contributed by atoms with Gasteiger partial charge in [0.2, 0.25) is 5.89 Å². The van der Waals surface area contributed by atoms with Crippen molar-refractivity contribution in [2.75, 3.05) is 19.6 Å². The van der Waals surface area contributed by atoms with Crippen LogP contribution in [0.2, 0.25) is 0 Å². The predicted octanol–water partition coefficient (Wildman–Crippen LogP) is 1.92. The minimum absolute atomic E-state index is 0.170. The summed E-state index contributed by atoms with van der Waals surface area (Å²) in [5, 5.41) is 3.97. The number of nitrogens with two attached hydrogens (primary N) is 1. The molecule has 0 spiro atoms. The second-order valence-electron chi connectivity index (χ2n) is 4.39. The smallest absolute Gasteiger partial charge is 0.229 e. The molecule has 0 radical (unpaired) electrons. The van der Waals surface area contributed by atoms with Gasteiger partial charge < -0.3 is 15.2 Å². The Morgan fingerprint density at radius 2 is 1.94 bits per heavy atom. The minimum Gasteiger partial charge on any atom is -0.339 e. The van der Waals surface area contributed by atoms with E-state index in [1.54, 1.807) is 0 Å². The van der Waals surface area contributed by atoms with E-state index < -0.39 is 0 Å². The van der Waals surface area contributed by atoms with Gasteiger partial charge in [-0.3, -0.25) is 0 Å². The summed E-state index contributed by atoms with van der Waals surface area (Å²) in [4.78, 5) is 6.63. The second kappa shape index (κ2) is 6.71. The van der Waals surface area contributed by atoms with E-state index in [4.69, 9.17) is 10.3 Å². The van der Waals surface area contributed by atoms with Gasteiger partial charge in [-0.05, 0) is 19.5 Å². The number of rotatable bonds is 7. The minimum atomic E-state index is -0.170. The molecule has 1 aromatic rings. The van der Waals surface area contributed by atoms with E-state index in [1.807, 2.05) is 0 Å². The molecule has 2 atom stereocenters. The van der Waals surface area contributed by atoms with Crippen LogP contribution in [0.1, 0.15) is 57.8 Å². The van der Waals surface area contributed by atoms with Crippen molar-refractivity contribution in [1.82, 2.24) is 15.0 Å². The Morgan fingerprint density at radius 1 is 1.29 bits per heavy atom. The largest absolute Gasteiger partial charge is 0.339 e. The molecule has 17 heavy (non-hydrogen) atoms. The third-order valence-corrected chi connectivity index (χ3v) is 3.17. The molecule has 2 unspecified atom stereocenters. The maximum absolute atomic E-state index is 6.08. The van der Waals surface area contributed by atoms with Crippen molar-refractivity contribution in [1.29, 1.82) is 0 Å². The average Bonchev–Trinajstić information content (AvgIpc) is 2.84. The highest BCUT2D eigenvalue weighted by Crippen LogP contribution is 2.18. The normalized spacial score (nSPS) is 15.2. The lowest BCUT2D eigenvalue weighted by atomic mass is 10.1. The molecule has 1 rings (SSSR count). The monoisotopic (exact) mass is 240 g/mol. The predicted molar refractivity (Wildman–Crippen MR) is 67.7 cm³/mol. The van der Waals surface area contributed by atoms with Gasteiger partial charge in [-0.15, -0.1) is 0 Å². The number of hydrogen-bond donors (Lipinski definition) is 1. The Kier molecular flexibility index (Phi) is 5.58. The summed E-state index contributed by atoms with van der Waals surface area (Å²) < 4.78 is 5.23. The Morgan fingerprint density at radius 3 is 2.47 bits per heavy atom. The van der Waals surface area contributed by atoms with Crippen LogP contribution in [0.5, 0.6) is 0 Å². The Balaban J connectivity index is 2.63. The third kappa shape index (κ3) is 3.78. The summed E-state index contributed by atoms with van der Waals surface area (Å²) in [5.41, 5.74) is 6.08. The van der Waals surface area contributed by atoms with Crippen LogP contribution in [0, 0.1) is 0 Å². The molecule has 0 aromatic carbocycles. The van der Waals surface area contributed by atoms with E-state index in [-0.39, 0.29) is 6.04 Å². The topological polar surface area (TPSA) is 68.2 Å². The summed E-state index contributed by atoms with van der Waals surface area (Å²) in [6.07, 6.45) is 0.993. The van der Waals surface area contributed by atoms with Crippen LogP contribution < -0.4 is 5.73 Å². The van der Waals surface area contributed by atoms with Crippen LogP contribution >= 0.6 is 0 Å². The Hall–Kier alpha value is -0.940. The molecular weight excluding hydrogens is 216 g/mol. The van der Waals surface area contributed by atoms with E-state index in [1.165, 1.54) is 0 Å². The van der Waals surface area contributed by atoms with E-state index in [0.717, 1.165) is 26.1 Å². The standard InChI is InChI=1S/C12H24N4O/c1-5-9(4)12-14-11(15-17-12)10(13)8-16(6-2)7-3/h9-10H,5-8,13H2,1-4H3. The average molecular weight is 240 g/mol. The maximum Gasteiger partial charge on any atom is 0.229 e. The van der Waals surface area contributed by atoms with Crippen LogP contribution in [0.15, 0.2) is 4.52 Å². The molecule has 1 heterocycles. The highest BCUT2D eigenvalue weighted by Gasteiger charge is 2.18. The van der Waals surface area contributed by atoms with Gasteiger partial charge in [-0.1, -0.05) is 32.9 Å². The van der Waals surface area contributed by atoms with Crippen LogP contribution in [0.3, 0.4) is 0 Å². The van der Waals surface area contributed by atoms with Gasteiger partial charge in [0, 0.05) is 12.5 Å². The number of aromatic nitrogens is 2. The van der Waals surface area contributed by atoms with Crippen molar-refractivity contribution < 1.29 is 4.52 Å². The number of likely N-dealkylation sites (N-methyl/N-ethyl adjacent to an activating group) is 1. The van der Waals surface area contributed by atoms with Gasteiger partial charge in [0.1, 0.15) is 0 Å². The first kappa shape index (κ1) is 14.1. The highest BCUT2D eigenvalue weighted by molar-refractivity contribution is 4.97. The van der Waals surface area contributed by atoms with Crippen LogP contribution in [-0.4, -0.2) is 34.7 Å². The van der Waals surface area contributed by atoms with Gasteiger partial charge in [0.15, 0.2) is 5.82 Å². The van der Waals surface area contributed by atoms with Crippen molar-refractivity contribution in [2.45, 2.75) is 46.1 Å². The molecule has 1 aromatic heterocycles. The molecule has 0 amide bonds. The van der Waals surface area contributed by atoms with Crippen LogP contribution in [0.25, 0.3) is 0 Å². The second-order valence-corrected chi connectivity index (χ2v) is 4.39. The molecule has 0 aliphatic carbocycles. The molecule has 98 valence electrons. The lowest BCUT2D eigenvalue weighted by Crippen LogP contribution is -2.32. The van der Waals surface area contributed by atoms with Crippen LogP contribution in [0.4, 0.5) is 0 Å². The van der Waals surface area contributed by atoms with Gasteiger partial charge in [-0.2, -0.15) is 4.98 Å². The van der Waals surface area contributed by atoms with Gasteiger partial charge in [-0.25, -0.2) is 0 Å². The summed E-state index contributed by atoms with van der Waals surface area (Å²) in [5.74, 6) is 1.61. The fourth-order valence-corrected chi connectivity index (χ4v) is 1.61. The molecule has 0 aliphatic heterocycles. The lowest BCUT2D eigenvalue weighted by molar-refractivity contribution is 0.277. The van der Waals surface area contributed by atoms with Crippen molar-refractivity contribution in [3.63, 3.8) is 0 Å². The number of hydrogen-bond acceptors (Lipinski definition) is 5. The van der Waals surface area contributed by atoms with Crippen molar-refractivity contribution in [3.05, 3.63) is 11.7 Å². The fraction of sp³-hybridized carbons (Fsp3) is 0.833. The molecule has 0 saturated carbocycles. The molecule has 0 fully saturated rings. The molecule has 0 saturated heterocycles. The first-order chi connectivity index (χ1) is 8.12. The SMILES string of the molecule is CCC(C)c1nc(C(N)CN(CC)CC)no1. The van der Waals surface area contributed by atoms with Gasteiger partial charge >= 0.3 is 0 Å². The highest BCUT2D eigenvalue weighted by atomic mass is 16.5.